The van der Waals surface area contributed by atoms with Crippen molar-refractivity contribution in [1.29, 1.82) is 0 Å². The Morgan fingerprint density at radius 2 is 1.21 bits per heavy atom. The molecule has 0 radical (unpaired) electrons. The number of carbonyl (C=O) groups excluding carboxylic acids is 10. The largest absolute Gasteiger partial charge is 0.325 e. The third-order valence-electron chi connectivity index (χ3n) is 8.54. The Bertz CT molecular complexity index is 1720. The predicted octanol–water partition coefficient (Wildman–Crippen LogP) is 0.410. The molecule has 4 aliphatic heterocycles. The number of hydrogen-bond donors (Lipinski definition) is 3. The Morgan fingerprint density at radius 1 is 0.681 bits per heavy atom. The van der Waals surface area contributed by atoms with E-state index in [1.54, 1.807) is 0 Å². The van der Waals surface area contributed by atoms with Gasteiger partial charge in [-0.3, -0.25) is 68.4 Å². The molecule has 47 heavy (non-hydrogen) atoms. The van der Waals surface area contributed by atoms with Gasteiger partial charge in [0.2, 0.25) is 29.5 Å². The van der Waals surface area contributed by atoms with E-state index in [-0.39, 0.29) is 85.1 Å². The Hall–Kier alpha value is -5.86. The lowest BCUT2D eigenvalue weighted by Crippen LogP contribution is -2.54. The molecule has 0 aliphatic carbocycles. The number of amides is 9. The normalized spacial score (nSPS) is 20.7. The molecule has 3 N–H and O–H groups in total. The summed E-state index contributed by atoms with van der Waals surface area (Å²) in [6, 6.07) is 6.52. The van der Waals surface area contributed by atoms with Crippen LogP contribution in [0.3, 0.4) is 0 Å². The number of hydrogen-bond acceptors (Lipinski definition) is 10. The fraction of sp³-hybridized carbons (Fsp3) is 0.312. The van der Waals surface area contributed by atoms with Crippen LogP contribution in [0.25, 0.3) is 0 Å². The molecule has 2 saturated heterocycles. The summed E-state index contributed by atoms with van der Waals surface area (Å²) in [5.41, 5.74) is 0.382. The highest BCUT2D eigenvalue weighted by atomic mass is 16.2. The molecule has 4 aliphatic rings. The van der Waals surface area contributed by atoms with Crippen molar-refractivity contribution >= 4 is 64.6 Å². The molecule has 15 nitrogen and oxygen atoms in total. The van der Waals surface area contributed by atoms with Crippen molar-refractivity contribution in [3.05, 3.63) is 64.2 Å². The summed E-state index contributed by atoms with van der Waals surface area (Å²) in [6.07, 6.45) is -0.337. The monoisotopic (exact) mass is 641 g/mol. The molecule has 2 aromatic carbocycles. The molecule has 15 heteroatoms. The lowest BCUT2D eigenvalue weighted by Gasteiger charge is -2.27. The molecule has 2 aromatic rings. The highest BCUT2D eigenvalue weighted by Crippen LogP contribution is 2.33. The average Bonchev–Trinajstić information content (AvgIpc) is 3.42. The summed E-state index contributed by atoms with van der Waals surface area (Å²) in [7, 11) is 0. The van der Waals surface area contributed by atoms with Crippen molar-refractivity contribution in [2.75, 3.05) is 5.32 Å². The second-order valence-corrected chi connectivity index (χ2v) is 11.6. The average molecular weight is 642 g/mol. The number of Topliss-reactive ketones (excluding diaryl/α,β-unsaturated/α-hetero) is 1. The van der Waals surface area contributed by atoms with Crippen LogP contribution in [0.1, 0.15) is 91.9 Å². The Morgan fingerprint density at radius 3 is 1.79 bits per heavy atom. The Kier molecular flexibility index (Phi) is 8.05. The van der Waals surface area contributed by atoms with Crippen LogP contribution in [-0.4, -0.2) is 80.8 Å². The Labute approximate surface area is 266 Å². The van der Waals surface area contributed by atoms with Crippen molar-refractivity contribution in [3.63, 3.8) is 0 Å². The van der Waals surface area contributed by atoms with E-state index in [2.05, 4.69) is 16.0 Å². The lowest BCUT2D eigenvalue weighted by atomic mass is 9.97. The quantitative estimate of drug-likeness (QED) is 0.321. The minimum absolute atomic E-state index is 0.000806. The number of ketones is 1. The smallest absolute Gasteiger partial charge is 0.264 e. The highest BCUT2D eigenvalue weighted by molar-refractivity contribution is 6.26. The standard InChI is InChI=1S/C32H27N5O10/c38-16(14-15-4-1-6-17-25(15)31(46)36(29(17)44)20-10-12-23(40)34-27(20)42)5-2-9-22(39)33-19-8-3-7-18-26(19)32(47)37(30(18)45)21-11-13-24(41)35-28(21)43/h1,3-4,6-8,20-21H,2,5,9-14H2,(H,33,39)(H,34,40,42)(H,35,41,43). The molecule has 0 aromatic heterocycles. The summed E-state index contributed by atoms with van der Waals surface area (Å²) in [4.78, 5) is 128. The van der Waals surface area contributed by atoms with Gasteiger partial charge < -0.3 is 5.32 Å². The van der Waals surface area contributed by atoms with Gasteiger partial charge in [0.15, 0.2) is 0 Å². The van der Waals surface area contributed by atoms with Gasteiger partial charge >= 0.3 is 0 Å². The van der Waals surface area contributed by atoms with Crippen LogP contribution in [-0.2, 0) is 35.2 Å². The summed E-state index contributed by atoms with van der Waals surface area (Å²) in [5, 5.41) is 6.86. The predicted molar refractivity (Wildman–Crippen MR) is 157 cm³/mol. The third kappa shape index (κ3) is 5.60. The second-order valence-electron chi connectivity index (χ2n) is 11.6. The Balaban J connectivity index is 1.06. The first kappa shape index (κ1) is 31.1. The van der Waals surface area contributed by atoms with E-state index in [0.717, 1.165) is 9.80 Å². The van der Waals surface area contributed by atoms with E-state index >= 15 is 0 Å². The van der Waals surface area contributed by atoms with Gasteiger partial charge in [0.1, 0.15) is 17.9 Å². The van der Waals surface area contributed by atoms with Crippen molar-refractivity contribution in [2.45, 2.75) is 63.5 Å². The van der Waals surface area contributed by atoms with Gasteiger partial charge in [-0.25, -0.2) is 0 Å². The van der Waals surface area contributed by atoms with E-state index in [4.69, 9.17) is 0 Å². The first-order valence-corrected chi connectivity index (χ1v) is 15.0. The third-order valence-corrected chi connectivity index (χ3v) is 8.54. The molecule has 0 bridgehead atoms. The van der Waals surface area contributed by atoms with E-state index in [1.165, 1.54) is 36.4 Å². The molecule has 0 spiro atoms. The van der Waals surface area contributed by atoms with Crippen LogP contribution in [0.2, 0.25) is 0 Å². The molecular formula is C32H27N5O10. The maximum absolute atomic E-state index is 13.3. The molecule has 240 valence electrons. The van der Waals surface area contributed by atoms with Crippen molar-refractivity contribution < 1.29 is 47.9 Å². The van der Waals surface area contributed by atoms with Crippen molar-refractivity contribution in [1.82, 2.24) is 20.4 Å². The number of piperidine rings is 2. The minimum atomic E-state index is -1.16. The molecule has 2 fully saturated rings. The zero-order valence-electron chi connectivity index (χ0n) is 24.8. The number of benzene rings is 2. The summed E-state index contributed by atoms with van der Waals surface area (Å²) < 4.78 is 0. The van der Waals surface area contributed by atoms with Crippen molar-refractivity contribution in [2.24, 2.45) is 0 Å². The van der Waals surface area contributed by atoms with Crippen LogP contribution in [0.15, 0.2) is 36.4 Å². The second kappa shape index (κ2) is 12.2. The van der Waals surface area contributed by atoms with E-state index in [0.29, 0.717) is 5.56 Å². The molecule has 9 amide bonds. The minimum Gasteiger partial charge on any atom is -0.325 e. The van der Waals surface area contributed by atoms with Gasteiger partial charge in [0.25, 0.3) is 23.6 Å². The molecule has 0 saturated carbocycles. The number of carbonyl (C=O) groups is 10. The van der Waals surface area contributed by atoms with Gasteiger partial charge in [-0.1, -0.05) is 18.2 Å². The van der Waals surface area contributed by atoms with Gasteiger partial charge in [-0.05, 0) is 43.0 Å². The first-order valence-electron chi connectivity index (χ1n) is 15.0. The number of nitrogens with zero attached hydrogens (tertiary/aromatic N) is 2. The lowest BCUT2D eigenvalue weighted by molar-refractivity contribution is -0.137. The summed E-state index contributed by atoms with van der Waals surface area (Å²) in [6.45, 7) is 0. The number of rotatable bonds is 9. The summed E-state index contributed by atoms with van der Waals surface area (Å²) >= 11 is 0. The number of anilines is 1. The molecular weight excluding hydrogens is 614 g/mol. The van der Waals surface area contributed by atoms with Crippen LogP contribution >= 0.6 is 0 Å². The van der Waals surface area contributed by atoms with Crippen molar-refractivity contribution in [3.8, 4) is 0 Å². The topological polar surface area (TPSA) is 213 Å². The zero-order chi connectivity index (χ0) is 33.6. The highest BCUT2D eigenvalue weighted by Gasteiger charge is 2.47. The van der Waals surface area contributed by atoms with E-state index in [9.17, 15) is 47.9 Å². The van der Waals surface area contributed by atoms with E-state index < -0.39 is 65.2 Å². The number of fused-ring (bicyclic) bond motifs is 2. The van der Waals surface area contributed by atoms with Gasteiger partial charge in [-0.2, -0.15) is 0 Å². The molecule has 2 unspecified atom stereocenters. The van der Waals surface area contributed by atoms with Gasteiger partial charge in [0.05, 0.1) is 27.9 Å². The molecule has 2 atom stereocenters. The maximum Gasteiger partial charge on any atom is 0.264 e. The van der Waals surface area contributed by atoms with Crippen LogP contribution < -0.4 is 16.0 Å². The number of imide groups is 4. The molecule has 6 rings (SSSR count). The SMILES string of the molecule is O=C(CCCC(=O)Nc1cccc2c1C(=O)N(C1CCC(=O)NC1=O)C2=O)Cc1cccc2c1C(=O)N(C1CCC(=O)NC1=O)C2=O. The fourth-order valence-electron chi connectivity index (χ4n) is 6.31. The first-order chi connectivity index (χ1) is 22.5. The van der Waals surface area contributed by atoms with Crippen LogP contribution in [0.4, 0.5) is 5.69 Å². The zero-order valence-corrected chi connectivity index (χ0v) is 24.8. The summed E-state index contributed by atoms with van der Waals surface area (Å²) in [5.74, 6) is -6.22. The maximum atomic E-state index is 13.3. The van der Waals surface area contributed by atoms with E-state index in [1.807, 2.05) is 0 Å². The van der Waals surface area contributed by atoms with Gasteiger partial charge in [0, 0.05) is 32.1 Å². The number of nitrogens with one attached hydrogen (secondary N) is 3. The molecule has 4 heterocycles. The van der Waals surface area contributed by atoms with Crippen LogP contribution in [0, 0.1) is 0 Å². The van der Waals surface area contributed by atoms with Gasteiger partial charge in [-0.15, -0.1) is 0 Å². The van der Waals surface area contributed by atoms with Crippen LogP contribution in [0.5, 0.6) is 0 Å². The fourth-order valence-corrected chi connectivity index (χ4v) is 6.31.